The molecule has 1 amide bonds. The van der Waals surface area contributed by atoms with Crippen LogP contribution in [0.2, 0.25) is 0 Å². The molecule has 8 heteroatoms. The van der Waals surface area contributed by atoms with E-state index >= 15 is 0 Å². The molecule has 0 aliphatic heterocycles. The van der Waals surface area contributed by atoms with Crippen molar-refractivity contribution >= 4 is 44.1 Å². The summed E-state index contributed by atoms with van der Waals surface area (Å²) in [5, 5.41) is 3.41. The van der Waals surface area contributed by atoms with E-state index in [0.29, 0.717) is 28.7 Å². The summed E-state index contributed by atoms with van der Waals surface area (Å²) in [6.07, 6.45) is 4.61. The maximum absolute atomic E-state index is 12.9. The summed E-state index contributed by atoms with van der Waals surface area (Å²) < 4.78 is 17.7. The molecule has 1 N–H and O–H groups in total. The second-order valence-corrected chi connectivity index (χ2v) is 9.45. The second-order valence-electron chi connectivity index (χ2n) is 7.49. The van der Waals surface area contributed by atoms with E-state index < -0.39 is 5.91 Å². The average Bonchev–Trinajstić information content (AvgIpc) is 3.41. The molecule has 0 unspecified atom stereocenters. The van der Waals surface area contributed by atoms with Crippen LogP contribution < -0.4 is 10.1 Å². The number of nitrogens with one attached hydrogen (secondary N) is 1. The van der Waals surface area contributed by atoms with Gasteiger partial charge in [0.15, 0.2) is 5.76 Å². The number of benzene rings is 1. The molecule has 0 atom stereocenters. The molecule has 1 aromatic carbocycles. The van der Waals surface area contributed by atoms with Crippen LogP contribution in [-0.4, -0.2) is 18.5 Å². The number of ether oxygens (including phenoxy) is 2. The molecular weight excluding hydrogens is 494 g/mol. The van der Waals surface area contributed by atoms with Crippen molar-refractivity contribution in [2.75, 3.05) is 11.9 Å². The summed E-state index contributed by atoms with van der Waals surface area (Å²) >= 11 is 4.90. The number of amides is 1. The molecule has 0 fully saturated rings. The van der Waals surface area contributed by atoms with E-state index in [-0.39, 0.29) is 18.3 Å². The van der Waals surface area contributed by atoms with Crippen LogP contribution in [0.25, 0.3) is 0 Å². The Morgan fingerprint density at radius 3 is 2.78 bits per heavy atom. The number of rotatable bonds is 8. The van der Waals surface area contributed by atoms with Crippen LogP contribution >= 0.6 is 27.3 Å². The van der Waals surface area contributed by atoms with Crippen LogP contribution in [0.1, 0.15) is 63.3 Å². The minimum Gasteiger partial charge on any atom is -0.484 e. The first kappa shape index (κ1) is 22.6. The largest absolute Gasteiger partial charge is 0.484 e. The molecular formula is C24H24BrNO5S. The number of para-hydroxylation sites is 1. The van der Waals surface area contributed by atoms with Gasteiger partial charge in [-0.1, -0.05) is 19.1 Å². The maximum atomic E-state index is 12.9. The van der Waals surface area contributed by atoms with E-state index in [0.717, 1.165) is 47.0 Å². The Kier molecular flexibility index (Phi) is 7.32. The third kappa shape index (κ3) is 5.07. The number of fused-ring (bicyclic) bond motifs is 1. The number of halogens is 1. The molecule has 32 heavy (non-hydrogen) atoms. The van der Waals surface area contributed by atoms with Crippen molar-refractivity contribution in [2.24, 2.45) is 0 Å². The van der Waals surface area contributed by atoms with Gasteiger partial charge in [0.2, 0.25) is 0 Å². The third-order valence-corrected chi connectivity index (χ3v) is 6.99. The van der Waals surface area contributed by atoms with Crippen molar-refractivity contribution in [1.29, 1.82) is 0 Å². The Balaban J connectivity index is 1.48. The Morgan fingerprint density at radius 2 is 1.97 bits per heavy atom. The minimum absolute atomic E-state index is 0.162. The van der Waals surface area contributed by atoms with E-state index in [4.69, 9.17) is 13.9 Å². The van der Waals surface area contributed by atoms with Crippen molar-refractivity contribution in [2.45, 2.75) is 45.6 Å². The summed E-state index contributed by atoms with van der Waals surface area (Å²) in [5.74, 6) is 0.604. The smallest absolute Gasteiger partial charge is 0.341 e. The monoisotopic (exact) mass is 517 g/mol. The zero-order valence-electron chi connectivity index (χ0n) is 17.7. The number of thiophene rings is 1. The van der Waals surface area contributed by atoms with Gasteiger partial charge in [-0.3, -0.25) is 4.79 Å². The Morgan fingerprint density at radius 1 is 1.16 bits per heavy atom. The molecule has 2 heterocycles. The molecule has 6 nitrogen and oxygen atoms in total. The summed E-state index contributed by atoms with van der Waals surface area (Å²) in [7, 11) is 0. The van der Waals surface area contributed by atoms with Gasteiger partial charge in [-0.25, -0.2) is 4.79 Å². The van der Waals surface area contributed by atoms with E-state index in [2.05, 4.69) is 21.2 Å². The van der Waals surface area contributed by atoms with Crippen molar-refractivity contribution in [3.8, 4) is 5.75 Å². The zero-order valence-corrected chi connectivity index (χ0v) is 20.1. The molecule has 0 bridgehead atoms. The molecule has 3 aromatic rings. The van der Waals surface area contributed by atoms with Gasteiger partial charge in [0.05, 0.1) is 16.6 Å². The summed E-state index contributed by atoms with van der Waals surface area (Å²) in [6.45, 7) is 2.50. The first-order chi connectivity index (χ1) is 15.6. The lowest BCUT2D eigenvalue weighted by molar-refractivity contribution is 0.0505. The number of hydrogen-bond donors (Lipinski definition) is 1. The van der Waals surface area contributed by atoms with Crippen LogP contribution in [0, 0.1) is 0 Å². The molecule has 1 aliphatic carbocycles. The molecule has 0 radical (unpaired) electrons. The molecule has 4 rings (SSSR count). The SMILES string of the molecule is CCCOC(=O)c1c(NC(=O)c2ccc(COc3ccccc3Br)o2)sc2c1CCCC2. The fourth-order valence-corrected chi connectivity index (χ4v) is 5.26. The number of aryl methyl sites for hydroxylation is 1. The normalized spacial score (nSPS) is 12.8. The van der Waals surface area contributed by atoms with Crippen LogP contribution in [0.15, 0.2) is 45.3 Å². The Labute approximate surface area is 199 Å². The fraction of sp³-hybridized carbons (Fsp3) is 0.333. The van der Waals surface area contributed by atoms with Gasteiger partial charge in [0.1, 0.15) is 23.1 Å². The lowest BCUT2D eigenvalue weighted by Gasteiger charge is -2.12. The number of carbonyl (C=O) groups excluding carboxylic acids is 2. The van der Waals surface area contributed by atoms with Crippen molar-refractivity contribution in [1.82, 2.24) is 0 Å². The van der Waals surface area contributed by atoms with Gasteiger partial charge in [-0.05, 0) is 77.9 Å². The Hall–Kier alpha value is -2.58. The van der Waals surface area contributed by atoms with E-state index in [1.807, 2.05) is 31.2 Å². The zero-order chi connectivity index (χ0) is 22.5. The van der Waals surface area contributed by atoms with E-state index in [9.17, 15) is 9.59 Å². The highest BCUT2D eigenvalue weighted by Gasteiger charge is 2.28. The lowest BCUT2D eigenvalue weighted by Crippen LogP contribution is -2.15. The number of anilines is 1. The summed E-state index contributed by atoms with van der Waals surface area (Å²) in [5.41, 5.74) is 1.51. The van der Waals surface area contributed by atoms with E-state index in [1.54, 1.807) is 12.1 Å². The molecule has 0 saturated carbocycles. The molecule has 168 valence electrons. The first-order valence-corrected chi connectivity index (χ1v) is 12.3. The maximum Gasteiger partial charge on any atom is 0.341 e. The van der Waals surface area contributed by atoms with Gasteiger partial charge in [0.25, 0.3) is 5.91 Å². The number of hydrogen-bond acceptors (Lipinski definition) is 6. The predicted molar refractivity (Wildman–Crippen MR) is 127 cm³/mol. The molecule has 2 aromatic heterocycles. The van der Waals surface area contributed by atoms with Crippen molar-refractivity contribution < 1.29 is 23.5 Å². The third-order valence-electron chi connectivity index (χ3n) is 5.13. The van der Waals surface area contributed by atoms with Crippen molar-refractivity contribution in [3.63, 3.8) is 0 Å². The predicted octanol–water partition coefficient (Wildman–Crippen LogP) is 6.38. The Bertz CT molecular complexity index is 1120. The van der Waals surface area contributed by atoms with Gasteiger partial charge >= 0.3 is 5.97 Å². The molecule has 0 spiro atoms. The molecule has 0 saturated heterocycles. The van der Waals surface area contributed by atoms with Crippen molar-refractivity contribution in [3.05, 3.63) is 68.4 Å². The van der Waals surface area contributed by atoms with Gasteiger partial charge in [-0.2, -0.15) is 0 Å². The quantitative estimate of drug-likeness (QED) is 0.350. The highest BCUT2D eigenvalue weighted by atomic mass is 79.9. The minimum atomic E-state index is -0.403. The van der Waals surface area contributed by atoms with Gasteiger partial charge in [-0.15, -0.1) is 11.3 Å². The van der Waals surface area contributed by atoms with E-state index in [1.165, 1.54) is 11.3 Å². The number of furan rings is 1. The highest BCUT2D eigenvalue weighted by Crippen LogP contribution is 2.39. The number of carbonyl (C=O) groups is 2. The van der Waals surface area contributed by atoms with Crippen LogP contribution in [0.3, 0.4) is 0 Å². The summed E-state index contributed by atoms with van der Waals surface area (Å²) in [6, 6.07) is 10.8. The highest BCUT2D eigenvalue weighted by molar-refractivity contribution is 9.10. The molecule has 1 aliphatic rings. The van der Waals surface area contributed by atoms with Crippen LogP contribution in [0.4, 0.5) is 5.00 Å². The summed E-state index contributed by atoms with van der Waals surface area (Å²) in [4.78, 5) is 26.7. The van der Waals surface area contributed by atoms with Gasteiger partial charge < -0.3 is 19.2 Å². The first-order valence-electron chi connectivity index (χ1n) is 10.7. The lowest BCUT2D eigenvalue weighted by atomic mass is 9.95. The number of esters is 1. The second kappa shape index (κ2) is 10.4. The average molecular weight is 518 g/mol. The van der Waals surface area contributed by atoms with Gasteiger partial charge in [0, 0.05) is 4.88 Å². The van der Waals surface area contributed by atoms with Crippen LogP contribution in [0.5, 0.6) is 5.75 Å². The topological polar surface area (TPSA) is 77.8 Å². The van der Waals surface area contributed by atoms with Crippen LogP contribution in [-0.2, 0) is 24.2 Å². The fourth-order valence-electron chi connectivity index (χ4n) is 3.59. The standard InChI is InChI=1S/C24H24BrNO5S/c1-2-13-29-24(28)21-16-7-3-6-10-20(16)32-23(21)26-22(27)19-12-11-15(31-19)14-30-18-9-5-4-8-17(18)25/h4-5,8-9,11-12H,2-3,6-7,10,13-14H2,1H3,(H,26,27).